The van der Waals surface area contributed by atoms with Gasteiger partial charge in [-0.05, 0) is 28.4 Å². The first-order valence-corrected chi connectivity index (χ1v) is 6.64. The van der Waals surface area contributed by atoms with Crippen LogP contribution in [0, 0.1) is 0 Å². The van der Waals surface area contributed by atoms with Gasteiger partial charge in [0.1, 0.15) is 6.04 Å². The van der Waals surface area contributed by atoms with E-state index in [0.29, 0.717) is 24.2 Å². The highest BCUT2D eigenvalue weighted by atomic mass is 79.9. The fourth-order valence-electron chi connectivity index (χ4n) is 2.40. The Bertz CT molecular complexity index is 602. The van der Waals surface area contributed by atoms with Crippen molar-refractivity contribution in [3.05, 3.63) is 28.0 Å². The topological polar surface area (TPSA) is 79.4 Å². The quantitative estimate of drug-likeness (QED) is 0.768. The largest absolute Gasteiger partial charge is 0.321 e. The first-order chi connectivity index (χ1) is 9.06. The van der Waals surface area contributed by atoms with Crippen LogP contribution in [-0.4, -0.2) is 33.6 Å². The maximum Gasteiger partial charge on any atom is 0.256 e. The number of halogens is 1. The number of fused-ring (bicyclic) bond motifs is 1. The summed E-state index contributed by atoms with van der Waals surface area (Å²) in [5, 5.41) is 2.26. The van der Waals surface area contributed by atoms with Crippen LogP contribution in [0.1, 0.15) is 28.9 Å². The molecule has 6 nitrogen and oxygen atoms in total. The lowest BCUT2D eigenvalue weighted by molar-refractivity contribution is -0.136. The van der Waals surface area contributed by atoms with Crippen LogP contribution in [0.15, 0.2) is 16.7 Å². The number of imide groups is 1. The van der Waals surface area contributed by atoms with E-state index in [1.165, 1.54) is 4.90 Å². The standard InChI is InChI=1S/C12H10BrN3O3/c13-6-3-7-8(14-4-6)5-16(12(7)19)9-1-2-10(17)15-11(9)18/h3-4,9H,1-2,5H2,(H,15,17,18). The predicted molar refractivity (Wildman–Crippen MR) is 68.0 cm³/mol. The highest BCUT2D eigenvalue weighted by Crippen LogP contribution is 2.27. The van der Waals surface area contributed by atoms with E-state index in [1.54, 1.807) is 12.3 Å². The van der Waals surface area contributed by atoms with Crippen molar-refractivity contribution in [1.29, 1.82) is 0 Å². The zero-order chi connectivity index (χ0) is 13.6. The number of amides is 3. The third kappa shape index (κ3) is 2.03. The molecular formula is C12H10BrN3O3. The fraction of sp³-hybridized carbons (Fsp3) is 0.333. The lowest BCUT2D eigenvalue weighted by Crippen LogP contribution is -2.52. The van der Waals surface area contributed by atoms with Crippen molar-refractivity contribution in [2.45, 2.75) is 25.4 Å². The minimum Gasteiger partial charge on any atom is -0.321 e. The second-order valence-electron chi connectivity index (χ2n) is 4.55. The molecule has 98 valence electrons. The highest BCUT2D eigenvalue weighted by Gasteiger charge is 2.39. The molecule has 1 aromatic heterocycles. The molecule has 0 spiro atoms. The summed E-state index contributed by atoms with van der Waals surface area (Å²) < 4.78 is 0.727. The molecule has 1 aromatic rings. The van der Waals surface area contributed by atoms with E-state index in [-0.39, 0.29) is 18.2 Å². The summed E-state index contributed by atoms with van der Waals surface area (Å²) in [5.41, 5.74) is 1.18. The molecule has 1 N–H and O–H groups in total. The molecule has 1 fully saturated rings. The molecule has 0 radical (unpaired) electrons. The van der Waals surface area contributed by atoms with Gasteiger partial charge in [0.2, 0.25) is 11.8 Å². The molecule has 2 aliphatic rings. The number of carbonyl (C=O) groups is 3. The van der Waals surface area contributed by atoms with Crippen molar-refractivity contribution in [2.75, 3.05) is 0 Å². The number of hydrogen-bond acceptors (Lipinski definition) is 4. The van der Waals surface area contributed by atoms with Gasteiger partial charge in [0.25, 0.3) is 5.91 Å². The van der Waals surface area contributed by atoms with Crippen LogP contribution in [0.25, 0.3) is 0 Å². The van der Waals surface area contributed by atoms with Crippen LogP contribution in [0.4, 0.5) is 0 Å². The average Bonchev–Trinajstić information content (AvgIpc) is 2.67. The Hall–Kier alpha value is -1.76. The van der Waals surface area contributed by atoms with Crippen LogP contribution in [0.5, 0.6) is 0 Å². The van der Waals surface area contributed by atoms with Crippen LogP contribution < -0.4 is 5.32 Å². The molecule has 19 heavy (non-hydrogen) atoms. The van der Waals surface area contributed by atoms with Crippen molar-refractivity contribution in [2.24, 2.45) is 0 Å². The van der Waals surface area contributed by atoms with Gasteiger partial charge in [-0.1, -0.05) is 0 Å². The van der Waals surface area contributed by atoms with E-state index in [2.05, 4.69) is 26.2 Å². The van der Waals surface area contributed by atoms with Gasteiger partial charge in [-0.3, -0.25) is 24.7 Å². The normalized spacial score (nSPS) is 22.5. The van der Waals surface area contributed by atoms with E-state index in [0.717, 1.165) is 4.47 Å². The first-order valence-electron chi connectivity index (χ1n) is 5.85. The molecule has 0 aromatic carbocycles. The lowest BCUT2D eigenvalue weighted by Gasteiger charge is -2.29. The second-order valence-corrected chi connectivity index (χ2v) is 5.46. The molecule has 2 aliphatic heterocycles. The van der Waals surface area contributed by atoms with Crippen molar-refractivity contribution >= 4 is 33.7 Å². The number of hydrogen-bond donors (Lipinski definition) is 1. The summed E-state index contributed by atoms with van der Waals surface area (Å²) in [6, 6.07) is 1.12. The number of carbonyl (C=O) groups excluding carboxylic acids is 3. The van der Waals surface area contributed by atoms with Crippen molar-refractivity contribution < 1.29 is 14.4 Å². The molecule has 3 amide bonds. The first kappa shape index (κ1) is 12.3. The number of aromatic nitrogens is 1. The second kappa shape index (κ2) is 4.41. The third-order valence-electron chi connectivity index (χ3n) is 3.33. The number of nitrogens with one attached hydrogen (secondary N) is 1. The van der Waals surface area contributed by atoms with E-state index >= 15 is 0 Å². The molecule has 3 heterocycles. The number of pyridine rings is 1. The minimum atomic E-state index is -0.585. The summed E-state index contributed by atoms with van der Waals surface area (Å²) in [7, 11) is 0. The van der Waals surface area contributed by atoms with E-state index in [9.17, 15) is 14.4 Å². The predicted octanol–water partition coefficient (Wildman–Crippen LogP) is 0.605. The van der Waals surface area contributed by atoms with E-state index < -0.39 is 11.9 Å². The number of nitrogens with zero attached hydrogens (tertiary/aromatic N) is 2. The molecule has 0 aliphatic carbocycles. The molecule has 1 unspecified atom stereocenters. The zero-order valence-electron chi connectivity index (χ0n) is 9.85. The van der Waals surface area contributed by atoms with E-state index in [1.807, 2.05) is 0 Å². The maximum atomic E-state index is 12.3. The maximum absolute atomic E-state index is 12.3. The molecule has 1 atom stereocenters. The molecule has 0 bridgehead atoms. The molecular weight excluding hydrogens is 314 g/mol. The Morgan fingerprint density at radius 1 is 1.37 bits per heavy atom. The van der Waals surface area contributed by atoms with Gasteiger partial charge in [0, 0.05) is 17.1 Å². The number of rotatable bonds is 1. The summed E-state index contributed by atoms with van der Waals surface area (Å²) >= 11 is 3.27. The van der Waals surface area contributed by atoms with Gasteiger partial charge >= 0.3 is 0 Å². The third-order valence-corrected chi connectivity index (χ3v) is 3.77. The number of piperidine rings is 1. The van der Waals surface area contributed by atoms with Crippen LogP contribution in [-0.2, 0) is 16.1 Å². The Kier molecular flexibility index (Phi) is 2.85. The molecule has 3 rings (SSSR count). The molecule has 1 saturated heterocycles. The van der Waals surface area contributed by atoms with Gasteiger partial charge in [-0.15, -0.1) is 0 Å². The van der Waals surface area contributed by atoms with Crippen LogP contribution in [0.2, 0.25) is 0 Å². The molecule has 7 heteroatoms. The monoisotopic (exact) mass is 323 g/mol. The van der Waals surface area contributed by atoms with Crippen LogP contribution >= 0.6 is 15.9 Å². The van der Waals surface area contributed by atoms with Gasteiger partial charge < -0.3 is 4.90 Å². The summed E-state index contributed by atoms with van der Waals surface area (Å²) in [4.78, 5) is 40.9. The zero-order valence-corrected chi connectivity index (χ0v) is 11.4. The van der Waals surface area contributed by atoms with Gasteiger partial charge in [-0.2, -0.15) is 0 Å². The van der Waals surface area contributed by atoms with Crippen molar-refractivity contribution in [3.63, 3.8) is 0 Å². The van der Waals surface area contributed by atoms with Gasteiger partial charge in [0.05, 0.1) is 17.8 Å². The molecule has 0 saturated carbocycles. The fourth-order valence-corrected chi connectivity index (χ4v) is 2.73. The Balaban J connectivity index is 1.88. The minimum absolute atomic E-state index is 0.210. The average molecular weight is 324 g/mol. The summed E-state index contributed by atoms with van der Waals surface area (Å²) in [6.07, 6.45) is 2.25. The smallest absolute Gasteiger partial charge is 0.256 e. The SMILES string of the molecule is O=C1CCC(N2Cc3ncc(Br)cc3C2=O)C(=O)N1. The Labute approximate surface area is 117 Å². The van der Waals surface area contributed by atoms with Crippen LogP contribution in [0.3, 0.4) is 0 Å². The highest BCUT2D eigenvalue weighted by molar-refractivity contribution is 9.10. The Morgan fingerprint density at radius 2 is 2.16 bits per heavy atom. The Morgan fingerprint density at radius 3 is 2.89 bits per heavy atom. The van der Waals surface area contributed by atoms with E-state index in [4.69, 9.17) is 0 Å². The van der Waals surface area contributed by atoms with Gasteiger partial charge in [0.15, 0.2) is 0 Å². The van der Waals surface area contributed by atoms with Crippen molar-refractivity contribution in [3.8, 4) is 0 Å². The summed E-state index contributed by atoms with van der Waals surface area (Å²) in [6.45, 7) is 0.313. The lowest BCUT2D eigenvalue weighted by atomic mass is 10.0. The van der Waals surface area contributed by atoms with Gasteiger partial charge in [-0.25, -0.2) is 0 Å². The van der Waals surface area contributed by atoms with Crippen molar-refractivity contribution in [1.82, 2.24) is 15.2 Å². The summed E-state index contributed by atoms with van der Waals surface area (Å²) in [5.74, 6) is -0.902.